The number of ketones is 1. The molecular formula is C16H16N2O. The lowest BCUT2D eigenvalue weighted by atomic mass is 9.99. The van der Waals surface area contributed by atoms with Gasteiger partial charge in [-0.05, 0) is 13.8 Å². The van der Waals surface area contributed by atoms with E-state index in [9.17, 15) is 4.79 Å². The highest BCUT2D eigenvalue weighted by atomic mass is 16.1. The standard InChI is InChI=1S/C16H16N2O/c1-11-3-7-13(8-4-11)15(18-17)16(19)14-9-5-12(2)6-10-14/h3-10H,17H2,1-2H3/b18-15+. The van der Waals surface area contributed by atoms with Crippen LogP contribution in [0.15, 0.2) is 53.6 Å². The number of hydrogen-bond acceptors (Lipinski definition) is 3. The fourth-order valence-corrected chi connectivity index (χ4v) is 1.82. The van der Waals surface area contributed by atoms with Gasteiger partial charge in [-0.1, -0.05) is 59.7 Å². The van der Waals surface area contributed by atoms with Crippen LogP contribution in [0.4, 0.5) is 0 Å². The molecular weight excluding hydrogens is 236 g/mol. The van der Waals surface area contributed by atoms with Crippen molar-refractivity contribution in [3.05, 3.63) is 70.8 Å². The first-order chi connectivity index (χ1) is 9.11. The van der Waals surface area contributed by atoms with Gasteiger partial charge in [-0.15, -0.1) is 0 Å². The molecule has 2 aromatic rings. The Morgan fingerprint density at radius 3 is 1.68 bits per heavy atom. The van der Waals surface area contributed by atoms with E-state index in [2.05, 4.69) is 5.10 Å². The molecule has 0 unspecified atom stereocenters. The van der Waals surface area contributed by atoms with Gasteiger partial charge in [-0.2, -0.15) is 5.10 Å². The van der Waals surface area contributed by atoms with E-state index in [1.54, 1.807) is 12.1 Å². The highest BCUT2D eigenvalue weighted by Gasteiger charge is 2.15. The molecule has 0 heterocycles. The zero-order valence-corrected chi connectivity index (χ0v) is 11.1. The summed E-state index contributed by atoms with van der Waals surface area (Å²) in [6.07, 6.45) is 0. The molecule has 0 aliphatic heterocycles. The molecule has 0 saturated heterocycles. The largest absolute Gasteiger partial charge is 0.323 e. The van der Waals surface area contributed by atoms with E-state index < -0.39 is 0 Å². The number of nitrogens with zero attached hydrogens (tertiary/aromatic N) is 1. The quantitative estimate of drug-likeness (QED) is 0.395. The Kier molecular flexibility index (Phi) is 3.76. The molecule has 0 spiro atoms. The van der Waals surface area contributed by atoms with E-state index in [1.807, 2.05) is 50.2 Å². The number of hydrogen-bond donors (Lipinski definition) is 1. The smallest absolute Gasteiger partial charge is 0.213 e. The van der Waals surface area contributed by atoms with Gasteiger partial charge in [-0.3, -0.25) is 4.79 Å². The molecule has 0 atom stereocenters. The van der Waals surface area contributed by atoms with Crippen molar-refractivity contribution in [1.82, 2.24) is 0 Å². The first-order valence-electron chi connectivity index (χ1n) is 6.08. The molecule has 2 rings (SSSR count). The molecule has 2 N–H and O–H groups in total. The monoisotopic (exact) mass is 252 g/mol. The van der Waals surface area contributed by atoms with Crippen LogP contribution in [0, 0.1) is 13.8 Å². The molecule has 0 saturated carbocycles. The van der Waals surface area contributed by atoms with Crippen molar-refractivity contribution in [3.63, 3.8) is 0 Å². The lowest BCUT2D eigenvalue weighted by Crippen LogP contribution is -2.17. The Bertz CT molecular complexity index is 610. The van der Waals surface area contributed by atoms with Crippen molar-refractivity contribution < 1.29 is 4.79 Å². The maximum Gasteiger partial charge on any atom is 0.213 e. The van der Waals surface area contributed by atoms with Crippen molar-refractivity contribution in [2.24, 2.45) is 10.9 Å². The van der Waals surface area contributed by atoms with Crippen LogP contribution >= 0.6 is 0 Å². The lowest BCUT2D eigenvalue weighted by molar-refractivity contribution is 0.106. The summed E-state index contributed by atoms with van der Waals surface area (Å²) in [7, 11) is 0. The summed E-state index contributed by atoms with van der Waals surface area (Å²) in [4.78, 5) is 12.4. The minimum Gasteiger partial charge on any atom is -0.323 e. The zero-order valence-electron chi connectivity index (χ0n) is 11.1. The molecule has 0 fully saturated rings. The van der Waals surface area contributed by atoms with Crippen LogP contribution < -0.4 is 5.84 Å². The molecule has 3 heteroatoms. The SMILES string of the molecule is Cc1ccc(C(=O)/C(=N/N)c2ccc(C)cc2)cc1. The van der Waals surface area contributed by atoms with Crippen molar-refractivity contribution in [1.29, 1.82) is 0 Å². The van der Waals surface area contributed by atoms with Gasteiger partial charge in [0.05, 0.1) is 0 Å². The summed E-state index contributed by atoms with van der Waals surface area (Å²) in [5, 5.41) is 3.65. The predicted molar refractivity (Wildman–Crippen MR) is 77.4 cm³/mol. The maximum atomic E-state index is 12.4. The van der Waals surface area contributed by atoms with E-state index in [4.69, 9.17) is 5.84 Å². The highest BCUT2D eigenvalue weighted by molar-refractivity contribution is 6.51. The van der Waals surface area contributed by atoms with Gasteiger partial charge in [0.25, 0.3) is 0 Å². The molecule has 3 nitrogen and oxygen atoms in total. The molecule has 0 aliphatic carbocycles. The molecule has 96 valence electrons. The summed E-state index contributed by atoms with van der Waals surface area (Å²) in [5.74, 6) is 5.22. The average molecular weight is 252 g/mol. The predicted octanol–water partition coefficient (Wildman–Crippen LogP) is 2.85. The van der Waals surface area contributed by atoms with E-state index in [-0.39, 0.29) is 11.5 Å². The number of nitrogens with two attached hydrogens (primary N) is 1. The van der Waals surface area contributed by atoms with Crippen LogP contribution in [0.3, 0.4) is 0 Å². The highest BCUT2D eigenvalue weighted by Crippen LogP contribution is 2.11. The van der Waals surface area contributed by atoms with Crippen molar-refractivity contribution in [2.75, 3.05) is 0 Å². The van der Waals surface area contributed by atoms with E-state index in [0.29, 0.717) is 5.56 Å². The van der Waals surface area contributed by atoms with Crippen molar-refractivity contribution in [2.45, 2.75) is 13.8 Å². The fourth-order valence-electron chi connectivity index (χ4n) is 1.82. The van der Waals surface area contributed by atoms with E-state index in [1.165, 1.54) is 0 Å². The van der Waals surface area contributed by atoms with Crippen LogP contribution in [0.2, 0.25) is 0 Å². The normalized spacial score (nSPS) is 11.4. The van der Waals surface area contributed by atoms with Crippen LogP contribution in [-0.4, -0.2) is 11.5 Å². The Morgan fingerprint density at radius 2 is 1.26 bits per heavy atom. The van der Waals surface area contributed by atoms with Crippen molar-refractivity contribution >= 4 is 11.5 Å². The van der Waals surface area contributed by atoms with Crippen molar-refractivity contribution in [3.8, 4) is 0 Å². The van der Waals surface area contributed by atoms with Crippen LogP contribution in [0.5, 0.6) is 0 Å². The Hall–Kier alpha value is -2.42. The molecule has 0 radical (unpaired) electrons. The second-order valence-electron chi connectivity index (χ2n) is 4.54. The van der Waals surface area contributed by atoms with Gasteiger partial charge >= 0.3 is 0 Å². The lowest BCUT2D eigenvalue weighted by Gasteiger charge is -2.05. The number of carbonyl (C=O) groups is 1. The Labute approximate surface area is 112 Å². The van der Waals surface area contributed by atoms with Gasteiger partial charge in [0.15, 0.2) is 0 Å². The molecule has 0 aromatic heterocycles. The minimum atomic E-state index is -0.161. The van der Waals surface area contributed by atoms with E-state index >= 15 is 0 Å². The Morgan fingerprint density at radius 1 is 0.842 bits per heavy atom. The third-order valence-electron chi connectivity index (χ3n) is 2.98. The van der Waals surface area contributed by atoms with Gasteiger partial charge < -0.3 is 5.84 Å². The molecule has 0 amide bonds. The number of hydrazone groups is 1. The molecule has 0 bridgehead atoms. The summed E-state index contributed by atoms with van der Waals surface area (Å²) in [5.41, 5.74) is 3.85. The summed E-state index contributed by atoms with van der Waals surface area (Å²) in [6.45, 7) is 3.97. The number of benzene rings is 2. The summed E-state index contributed by atoms with van der Waals surface area (Å²) in [6, 6.07) is 15.0. The minimum absolute atomic E-state index is 0.161. The molecule has 2 aromatic carbocycles. The second kappa shape index (κ2) is 5.48. The third-order valence-corrected chi connectivity index (χ3v) is 2.98. The van der Waals surface area contributed by atoms with E-state index in [0.717, 1.165) is 16.7 Å². The van der Waals surface area contributed by atoms with Gasteiger partial charge in [0.1, 0.15) is 5.71 Å². The van der Waals surface area contributed by atoms with Gasteiger partial charge in [-0.25, -0.2) is 0 Å². The van der Waals surface area contributed by atoms with Crippen LogP contribution in [0.1, 0.15) is 27.0 Å². The number of carbonyl (C=O) groups excluding carboxylic acids is 1. The molecule has 0 aliphatic rings. The maximum absolute atomic E-state index is 12.4. The average Bonchev–Trinajstić information content (AvgIpc) is 2.42. The Balaban J connectivity index is 2.35. The number of aryl methyl sites for hydroxylation is 2. The summed E-state index contributed by atoms with van der Waals surface area (Å²) < 4.78 is 0. The third kappa shape index (κ3) is 2.88. The summed E-state index contributed by atoms with van der Waals surface area (Å²) >= 11 is 0. The van der Waals surface area contributed by atoms with Crippen LogP contribution in [0.25, 0.3) is 0 Å². The number of rotatable bonds is 3. The van der Waals surface area contributed by atoms with Gasteiger partial charge in [0, 0.05) is 11.1 Å². The zero-order chi connectivity index (χ0) is 13.8. The topological polar surface area (TPSA) is 55.5 Å². The number of Topliss-reactive ketones (excluding diaryl/α,β-unsaturated/α-hetero) is 1. The first kappa shape index (κ1) is 13.0. The molecule has 19 heavy (non-hydrogen) atoms. The first-order valence-corrected chi connectivity index (χ1v) is 6.08. The fraction of sp³-hybridized carbons (Fsp3) is 0.125. The second-order valence-corrected chi connectivity index (χ2v) is 4.54. The van der Waals surface area contributed by atoms with Crippen LogP contribution in [-0.2, 0) is 0 Å². The van der Waals surface area contributed by atoms with Gasteiger partial charge in [0.2, 0.25) is 5.78 Å².